The van der Waals surface area contributed by atoms with Crippen molar-refractivity contribution in [2.45, 2.75) is 0 Å². The summed E-state index contributed by atoms with van der Waals surface area (Å²) in [5.41, 5.74) is 0. The van der Waals surface area contributed by atoms with E-state index in [1.54, 1.807) is 6.08 Å². The van der Waals surface area contributed by atoms with Crippen LogP contribution < -0.4 is 4.74 Å². The van der Waals surface area contributed by atoms with E-state index < -0.39 is 0 Å². The van der Waals surface area contributed by atoms with Crippen LogP contribution in [0, 0.1) is 0 Å². The molecule has 0 aliphatic heterocycles. The summed E-state index contributed by atoms with van der Waals surface area (Å²) in [5, 5.41) is 0. The first kappa shape index (κ1) is 5.95. The molecule has 0 unspecified atom stereocenters. The molecule has 1 rings (SSSR count). The van der Waals surface area contributed by atoms with Gasteiger partial charge in [-0.15, -0.1) is 0 Å². The summed E-state index contributed by atoms with van der Waals surface area (Å²) in [5.74, 6) is 0.787. The van der Waals surface area contributed by atoms with Gasteiger partial charge in [0.25, 0.3) is 0 Å². The maximum absolute atomic E-state index is 5.12. The molecular weight excluding hydrogens is 114 g/mol. The fraction of sp³-hybridized carbons (Fsp3) is 0.143. The molecule has 48 valence electrons. The second-order valence-electron chi connectivity index (χ2n) is 1.63. The average Bonchev–Trinajstić information content (AvgIpc) is 2.34. The molecule has 1 N–H and O–H groups in total. The Morgan fingerprint density at radius 2 is 2.67 bits per heavy atom. The smallest absolute Gasteiger partial charge is 0.190 e. The van der Waals surface area contributed by atoms with Crippen molar-refractivity contribution in [2.75, 3.05) is 6.61 Å². The van der Waals surface area contributed by atoms with Crippen LogP contribution in [0.1, 0.15) is 0 Å². The Labute approximate surface area is 54.2 Å². The third-order valence-corrected chi connectivity index (χ3v) is 0.926. The molecule has 0 saturated heterocycles. The fourth-order valence-electron chi connectivity index (χ4n) is 0.552. The topological polar surface area (TPSA) is 25.0 Å². The van der Waals surface area contributed by atoms with Crippen molar-refractivity contribution in [3.05, 3.63) is 31.0 Å². The van der Waals surface area contributed by atoms with E-state index in [2.05, 4.69) is 11.6 Å². The van der Waals surface area contributed by atoms with E-state index in [9.17, 15) is 0 Å². The van der Waals surface area contributed by atoms with Crippen molar-refractivity contribution in [3.8, 4) is 5.88 Å². The molecule has 1 aromatic rings. The zero-order chi connectivity index (χ0) is 6.53. The van der Waals surface area contributed by atoms with Gasteiger partial charge in [0.1, 0.15) is 6.61 Å². The largest absolute Gasteiger partial charge is 0.475 e. The highest BCUT2D eigenvalue weighted by molar-refractivity contribution is 5.09. The van der Waals surface area contributed by atoms with Crippen LogP contribution >= 0.6 is 0 Å². The highest BCUT2D eigenvalue weighted by atomic mass is 16.5. The molecule has 0 radical (unpaired) electrons. The van der Waals surface area contributed by atoms with Crippen LogP contribution in [0.4, 0.5) is 0 Å². The summed E-state index contributed by atoms with van der Waals surface area (Å²) < 4.78 is 5.12. The average molecular weight is 123 g/mol. The number of H-pyrrole nitrogens is 1. The minimum absolute atomic E-state index is 0.556. The van der Waals surface area contributed by atoms with Crippen LogP contribution in [-0.4, -0.2) is 11.6 Å². The van der Waals surface area contributed by atoms with Gasteiger partial charge in [-0.3, -0.25) is 0 Å². The highest BCUT2D eigenvalue weighted by Crippen LogP contribution is 2.03. The zero-order valence-electron chi connectivity index (χ0n) is 5.13. The number of hydrogen-bond donors (Lipinski definition) is 1. The maximum atomic E-state index is 5.12. The molecule has 0 aliphatic rings. The highest BCUT2D eigenvalue weighted by Gasteiger charge is 1.86. The number of ether oxygens (including phenoxy) is 1. The van der Waals surface area contributed by atoms with Crippen molar-refractivity contribution in [3.63, 3.8) is 0 Å². The van der Waals surface area contributed by atoms with Gasteiger partial charge in [-0.05, 0) is 12.1 Å². The van der Waals surface area contributed by atoms with Crippen LogP contribution in [-0.2, 0) is 0 Å². The lowest BCUT2D eigenvalue weighted by Crippen LogP contribution is -1.91. The molecule has 0 saturated carbocycles. The second-order valence-corrected chi connectivity index (χ2v) is 1.63. The predicted octanol–water partition coefficient (Wildman–Crippen LogP) is 1.58. The first-order valence-corrected chi connectivity index (χ1v) is 2.80. The van der Waals surface area contributed by atoms with Gasteiger partial charge in [0.15, 0.2) is 5.88 Å². The standard InChI is InChI=1S/C7H9NO/c1-2-6-9-7-4-3-5-8-7/h2-5,8H,1,6H2. The Bertz CT molecular complexity index is 167. The van der Waals surface area contributed by atoms with E-state index in [0.29, 0.717) is 6.61 Å². The van der Waals surface area contributed by atoms with Crippen molar-refractivity contribution in [1.82, 2.24) is 4.98 Å². The molecule has 0 aromatic carbocycles. The molecule has 1 aromatic heterocycles. The Balaban J connectivity index is 2.38. The van der Waals surface area contributed by atoms with E-state index in [4.69, 9.17) is 4.74 Å². The summed E-state index contributed by atoms with van der Waals surface area (Å²) in [4.78, 5) is 2.90. The molecule has 0 atom stereocenters. The molecule has 1 heterocycles. The Hall–Kier alpha value is -1.18. The Kier molecular flexibility index (Phi) is 1.96. The van der Waals surface area contributed by atoms with Gasteiger partial charge in [0.05, 0.1) is 0 Å². The SMILES string of the molecule is C=CCOc1ccc[nH]1. The zero-order valence-corrected chi connectivity index (χ0v) is 5.13. The quantitative estimate of drug-likeness (QED) is 0.606. The lowest BCUT2D eigenvalue weighted by Gasteiger charge is -1.95. The van der Waals surface area contributed by atoms with Crippen LogP contribution in [0.5, 0.6) is 5.88 Å². The lowest BCUT2D eigenvalue weighted by molar-refractivity contribution is 0.351. The Morgan fingerprint density at radius 3 is 3.22 bits per heavy atom. The molecular formula is C7H9NO. The van der Waals surface area contributed by atoms with Crippen LogP contribution in [0.25, 0.3) is 0 Å². The van der Waals surface area contributed by atoms with E-state index in [1.165, 1.54) is 0 Å². The summed E-state index contributed by atoms with van der Waals surface area (Å²) in [6.45, 7) is 4.08. The van der Waals surface area contributed by atoms with E-state index in [1.807, 2.05) is 18.3 Å². The van der Waals surface area contributed by atoms with Gasteiger partial charge in [-0.25, -0.2) is 0 Å². The van der Waals surface area contributed by atoms with Crippen LogP contribution in [0.2, 0.25) is 0 Å². The summed E-state index contributed by atoms with van der Waals surface area (Å²) in [7, 11) is 0. The van der Waals surface area contributed by atoms with Gasteiger partial charge in [0, 0.05) is 6.20 Å². The summed E-state index contributed by atoms with van der Waals surface area (Å²) in [6, 6.07) is 3.75. The van der Waals surface area contributed by atoms with Crippen LogP contribution in [0.3, 0.4) is 0 Å². The number of aromatic nitrogens is 1. The van der Waals surface area contributed by atoms with Gasteiger partial charge < -0.3 is 9.72 Å². The minimum Gasteiger partial charge on any atom is -0.475 e. The number of aromatic amines is 1. The predicted molar refractivity (Wildman–Crippen MR) is 36.5 cm³/mol. The van der Waals surface area contributed by atoms with Gasteiger partial charge in [-0.1, -0.05) is 12.7 Å². The van der Waals surface area contributed by atoms with Crippen molar-refractivity contribution < 1.29 is 4.74 Å². The molecule has 0 spiro atoms. The third-order valence-electron chi connectivity index (χ3n) is 0.926. The summed E-state index contributed by atoms with van der Waals surface area (Å²) >= 11 is 0. The maximum Gasteiger partial charge on any atom is 0.190 e. The number of nitrogens with one attached hydrogen (secondary N) is 1. The molecule has 0 aliphatic carbocycles. The number of hydrogen-bond acceptors (Lipinski definition) is 1. The van der Waals surface area contributed by atoms with Gasteiger partial charge in [-0.2, -0.15) is 0 Å². The molecule has 9 heavy (non-hydrogen) atoms. The third kappa shape index (κ3) is 1.64. The molecule has 2 heteroatoms. The van der Waals surface area contributed by atoms with Gasteiger partial charge >= 0.3 is 0 Å². The first-order chi connectivity index (χ1) is 4.43. The van der Waals surface area contributed by atoms with Crippen molar-refractivity contribution >= 4 is 0 Å². The van der Waals surface area contributed by atoms with E-state index >= 15 is 0 Å². The fourth-order valence-corrected chi connectivity index (χ4v) is 0.552. The van der Waals surface area contributed by atoms with Gasteiger partial charge in [0.2, 0.25) is 0 Å². The minimum atomic E-state index is 0.556. The lowest BCUT2D eigenvalue weighted by atomic mass is 10.6. The normalized spacial score (nSPS) is 8.89. The Morgan fingerprint density at radius 1 is 1.78 bits per heavy atom. The molecule has 0 fully saturated rings. The van der Waals surface area contributed by atoms with E-state index in [0.717, 1.165) is 5.88 Å². The monoisotopic (exact) mass is 123 g/mol. The number of rotatable bonds is 3. The van der Waals surface area contributed by atoms with Crippen molar-refractivity contribution in [1.29, 1.82) is 0 Å². The second kappa shape index (κ2) is 2.97. The summed E-state index contributed by atoms with van der Waals surface area (Å²) in [6.07, 6.45) is 3.53. The molecule has 2 nitrogen and oxygen atoms in total. The van der Waals surface area contributed by atoms with E-state index in [-0.39, 0.29) is 0 Å². The first-order valence-electron chi connectivity index (χ1n) is 2.80. The van der Waals surface area contributed by atoms with Crippen LogP contribution in [0.15, 0.2) is 31.0 Å². The molecule has 0 bridgehead atoms. The molecule has 0 amide bonds. The van der Waals surface area contributed by atoms with Crippen molar-refractivity contribution in [2.24, 2.45) is 0 Å².